The van der Waals surface area contributed by atoms with Gasteiger partial charge in [0.05, 0.1) is 51.1 Å². The molecule has 7 heteroatoms. The molecule has 7 nitrogen and oxygen atoms in total. The number of hydrogen-bond acceptors (Lipinski definition) is 6. The standard InChI is InChI=1S/C23H30N2O5/c1-3-29-23(27)18-8-10-20(11-9-18)30-17-19(26)16-24-12-14-25(15-13-24)21-6-4-5-7-22(21)28-2/h4-11,19,26H,3,12-17H2,1-2H3/p+1/t19-/m0/s1. The molecule has 0 unspecified atom stereocenters. The fourth-order valence-electron chi connectivity index (χ4n) is 3.65. The SMILES string of the molecule is CCOC(=O)c1ccc(OC[C@@H](O)C[NH+]2CCN(c3ccccc3OC)CC2)cc1. The lowest BCUT2D eigenvalue weighted by molar-refractivity contribution is -0.903. The average molecular weight is 416 g/mol. The summed E-state index contributed by atoms with van der Waals surface area (Å²) in [5.74, 6) is 1.17. The Kier molecular flexibility index (Phi) is 7.93. The number of ether oxygens (including phenoxy) is 3. The van der Waals surface area contributed by atoms with Crippen molar-refractivity contribution in [3.63, 3.8) is 0 Å². The van der Waals surface area contributed by atoms with Crippen molar-refractivity contribution in [3.8, 4) is 11.5 Å². The molecule has 0 radical (unpaired) electrons. The molecule has 1 fully saturated rings. The van der Waals surface area contributed by atoms with Gasteiger partial charge in [-0.3, -0.25) is 0 Å². The molecule has 0 aromatic heterocycles. The summed E-state index contributed by atoms with van der Waals surface area (Å²) in [7, 11) is 1.70. The van der Waals surface area contributed by atoms with E-state index in [0.29, 0.717) is 24.5 Å². The number of quaternary nitrogens is 1. The molecule has 2 N–H and O–H groups in total. The van der Waals surface area contributed by atoms with Crippen molar-refractivity contribution in [1.29, 1.82) is 0 Å². The molecule has 2 aromatic rings. The van der Waals surface area contributed by atoms with Crippen LogP contribution in [0.2, 0.25) is 0 Å². The van der Waals surface area contributed by atoms with Crippen LogP contribution in [0.5, 0.6) is 11.5 Å². The number of anilines is 1. The maximum atomic E-state index is 11.7. The zero-order valence-electron chi connectivity index (χ0n) is 17.7. The number of methoxy groups -OCH3 is 1. The molecule has 0 saturated carbocycles. The number of aliphatic hydroxyl groups is 1. The van der Waals surface area contributed by atoms with Crippen LogP contribution in [-0.4, -0.2) is 70.2 Å². The first-order chi connectivity index (χ1) is 14.6. The first-order valence-electron chi connectivity index (χ1n) is 10.4. The van der Waals surface area contributed by atoms with E-state index in [4.69, 9.17) is 14.2 Å². The van der Waals surface area contributed by atoms with E-state index < -0.39 is 6.10 Å². The van der Waals surface area contributed by atoms with Gasteiger partial charge >= 0.3 is 5.97 Å². The van der Waals surface area contributed by atoms with Gasteiger partial charge in [0.15, 0.2) is 0 Å². The Labute approximate surface area is 177 Å². The summed E-state index contributed by atoms with van der Waals surface area (Å²) in [6.45, 7) is 6.71. The van der Waals surface area contributed by atoms with E-state index in [9.17, 15) is 9.90 Å². The van der Waals surface area contributed by atoms with Crippen LogP contribution in [-0.2, 0) is 4.74 Å². The number of para-hydroxylation sites is 2. The number of aliphatic hydroxyl groups excluding tert-OH is 1. The Bertz CT molecular complexity index is 803. The van der Waals surface area contributed by atoms with Gasteiger partial charge in [0, 0.05) is 0 Å². The summed E-state index contributed by atoms with van der Waals surface area (Å²) in [5, 5.41) is 10.4. The van der Waals surface area contributed by atoms with Gasteiger partial charge in [0.1, 0.15) is 30.8 Å². The number of nitrogens with one attached hydrogen (secondary N) is 1. The van der Waals surface area contributed by atoms with Crippen LogP contribution in [0.1, 0.15) is 17.3 Å². The van der Waals surface area contributed by atoms with Gasteiger partial charge in [-0.15, -0.1) is 0 Å². The minimum absolute atomic E-state index is 0.221. The zero-order valence-corrected chi connectivity index (χ0v) is 17.7. The van der Waals surface area contributed by atoms with E-state index in [1.54, 1.807) is 38.3 Å². The molecule has 1 heterocycles. The normalized spacial score (nSPS) is 15.5. The van der Waals surface area contributed by atoms with E-state index >= 15 is 0 Å². The van der Waals surface area contributed by atoms with E-state index in [1.165, 1.54) is 4.90 Å². The third-order valence-corrected chi connectivity index (χ3v) is 5.23. The first kappa shape index (κ1) is 21.9. The fourth-order valence-corrected chi connectivity index (χ4v) is 3.65. The van der Waals surface area contributed by atoms with Crippen LogP contribution in [0.15, 0.2) is 48.5 Å². The maximum Gasteiger partial charge on any atom is 0.338 e. The van der Waals surface area contributed by atoms with Crippen molar-refractivity contribution in [2.45, 2.75) is 13.0 Å². The summed E-state index contributed by atoms with van der Waals surface area (Å²) in [6, 6.07) is 14.8. The second kappa shape index (κ2) is 10.8. The highest BCUT2D eigenvalue weighted by Crippen LogP contribution is 2.27. The summed E-state index contributed by atoms with van der Waals surface area (Å²) in [6.07, 6.45) is -0.553. The molecule has 0 spiro atoms. The van der Waals surface area contributed by atoms with Crippen LogP contribution >= 0.6 is 0 Å². The molecule has 1 aliphatic heterocycles. The molecule has 30 heavy (non-hydrogen) atoms. The third-order valence-electron chi connectivity index (χ3n) is 5.23. The van der Waals surface area contributed by atoms with Crippen LogP contribution in [0.4, 0.5) is 5.69 Å². The molecule has 162 valence electrons. The van der Waals surface area contributed by atoms with Crippen molar-refractivity contribution in [1.82, 2.24) is 0 Å². The Morgan fingerprint density at radius 1 is 1.13 bits per heavy atom. The van der Waals surface area contributed by atoms with E-state index in [0.717, 1.165) is 37.6 Å². The molecule has 2 aromatic carbocycles. The minimum Gasteiger partial charge on any atom is -0.495 e. The summed E-state index contributed by atoms with van der Waals surface area (Å²) in [4.78, 5) is 15.4. The van der Waals surface area contributed by atoms with Gasteiger partial charge in [-0.2, -0.15) is 0 Å². The van der Waals surface area contributed by atoms with Gasteiger partial charge in [0.2, 0.25) is 0 Å². The van der Waals surface area contributed by atoms with Crippen LogP contribution in [0.3, 0.4) is 0 Å². The van der Waals surface area contributed by atoms with E-state index in [1.807, 2.05) is 18.2 Å². The number of piperazine rings is 1. The van der Waals surface area contributed by atoms with Gasteiger partial charge in [-0.05, 0) is 43.3 Å². The second-order valence-electron chi connectivity index (χ2n) is 7.32. The summed E-state index contributed by atoms with van der Waals surface area (Å²) >= 11 is 0. The lowest BCUT2D eigenvalue weighted by atomic mass is 10.2. The van der Waals surface area contributed by atoms with Crippen molar-refractivity contribution in [2.24, 2.45) is 0 Å². The number of hydrogen-bond donors (Lipinski definition) is 2. The van der Waals surface area contributed by atoms with Crippen LogP contribution in [0.25, 0.3) is 0 Å². The van der Waals surface area contributed by atoms with Crippen molar-refractivity contribution in [3.05, 3.63) is 54.1 Å². The molecule has 3 rings (SSSR count). The smallest absolute Gasteiger partial charge is 0.338 e. The zero-order chi connectivity index (χ0) is 21.3. The predicted octanol–water partition coefficient (Wildman–Crippen LogP) is 1.02. The third kappa shape index (κ3) is 5.87. The number of esters is 1. The average Bonchev–Trinajstić information content (AvgIpc) is 2.78. The van der Waals surface area contributed by atoms with Crippen molar-refractivity contribution < 1.29 is 29.0 Å². The maximum absolute atomic E-state index is 11.7. The molecule has 0 amide bonds. The highest BCUT2D eigenvalue weighted by Gasteiger charge is 2.24. The van der Waals surface area contributed by atoms with E-state index in [2.05, 4.69) is 11.0 Å². The largest absolute Gasteiger partial charge is 0.495 e. The highest BCUT2D eigenvalue weighted by molar-refractivity contribution is 5.89. The first-order valence-corrected chi connectivity index (χ1v) is 10.4. The van der Waals surface area contributed by atoms with Crippen LogP contribution in [0, 0.1) is 0 Å². The van der Waals surface area contributed by atoms with Gasteiger partial charge < -0.3 is 29.1 Å². The minimum atomic E-state index is -0.553. The summed E-state index contributed by atoms with van der Waals surface area (Å²) in [5.41, 5.74) is 1.61. The number of benzene rings is 2. The molecule has 1 saturated heterocycles. The quantitative estimate of drug-likeness (QED) is 0.596. The van der Waals surface area contributed by atoms with Gasteiger partial charge in [-0.1, -0.05) is 12.1 Å². The molecule has 1 aliphatic rings. The Hall–Kier alpha value is -2.77. The van der Waals surface area contributed by atoms with Gasteiger partial charge in [-0.25, -0.2) is 4.79 Å². The topological polar surface area (TPSA) is 72.7 Å². The number of carbonyl (C=O) groups is 1. The Morgan fingerprint density at radius 2 is 1.83 bits per heavy atom. The Balaban J connectivity index is 1.42. The van der Waals surface area contributed by atoms with E-state index in [-0.39, 0.29) is 12.6 Å². The van der Waals surface area contributed by atoms with Crippen molar-refractivity contribution >= 4 is 11.7 Å². The second-order valence-corrected chi connectivity index (χ2v) is 7.32. The van der Waals surface area contributed by atoms with Crippen LogP contribution < -0.4 is 19.3 Å². The molecule has 0 bridgehead atoms. The highest BCUT2D eigenvalue weighted by atomic mass is 16.5. The lowest BCUT2D eigenvalue weighted by Crippen LogP contribution is -3.16. The van der Waals surface area contributed by atoms with Crippen molar-refractivity contribution in [2.75, 3.05) is 57.9 Å². The molecule has 0 aliphatic carbocycles. The summed E-state index contributed by atoms with van der Waals surface area (Å²) < 4.78 is 16.1. The fraction of sp³-hybridized carbons (Fsp3) is 0.435. The molecular weight excluding hydrogens is 384 g/mol. The lowest BCUT2D eigenvalue weighted by Gasteiger charge is -2.35. The number of nitrogens with zero attached hydrogens (tertiary/aromatic N) is 1. The monoisotopic (exact) mass is 415 g/mol. The molecular formula is C23H31N2O5+. The predicted molar refractivity (Wildman–Crippen MR) is 115 cm³/mol. The number of carbonyl (C=O) groups excluding carboxylic acids is 1. The van der Waals surface area contributed by atoms with Gasteiger partial charge in [0.25, 0.3) is 0 Å². The Morgan fingerprint density at radius 3 is 2.50 bits per heavy atom. The molecule has 1 atom stereocenters. The number of rotatable bonds is 9.